The molecule has 0 atom stereocenters. The SMILES string of the molecule is CC(C)(C)c1ccc(COc2c(Cl)cc(Br)cc2/C=C/C(=O)O)cc1. The van der Waals surface area contributed by atoms with Gasteiger partial charge < -0.3 is 9.84 Å². The number of carboxylic acid groups (broad SMARTS) is 1. The predicted molar refractivity (Wildman–Crippen MR) is 105 cm³/mol. The minimum absolute atomic E-state index is 0.100. The zero-order valence-electron chi connectivity index (χ0n) is 14.3. The highest BCUT2D eigenvalue weighted by atomic mass is 79.9. The van der Waals surface area contributed by atoms with E-state index >= 15 is 0 Å². The molecular formula is C20H20BrClO3. The highest BCUT2D eigenvalue weighted by Crippen LogP contribution is 2.34. The molecule has 0 bridgehead atoms. The largest absolute Gasteiger partial charge is 0.487 e. The van der Waals surface area contributed by atoms with E-state index in [1.807, 2.05) is 12.1 Å². The number of aliphatic carboxylic acids is 1. The average molecular weight is 424 g/mol. The van der Waals surface area contributed by atoms with Crippen LogP contribution in [0.4, 0.5) is 0 Å². The summed E-state index contributed by atoms with van der Waals surface area (Å²) < 4.78 is 6.62. The van der Waals surface area contributed by atoms with Crippen molar-refractivity contribution in [3.8, 4) is 5.75 Å². The predicted octanol–water partition coefficient (Wildman–Crippen LogP) is 6.08. The van der Waals surface area contributed by atoms with E-state index in [1.54, 1.807) is 12.1 Å². The molecule has 25 heavy (non-hydrogen) atoms. The molecule has 0 saturated carbocycles. The van der Waals surface area contributed by atoms with Crippen LogP contribution >= 0.6 is 27.5 Å². The summed E-state index contributed by atoms with van der Waals surface area (Å²) in [4.78, 5) is 10.8. The molecule has 0 aliphatic carbocycles. The molecule has 3 nitrogen and oxygen atoms in total. The van der Waals surface area contributed by atoms with Gasteiger partial charge in [0.1, 0.15) is 12.4 Å². The van der Waals surface area contributed by atoms with E-state index in [2.05, 4.69) is 48.8 Å². The molecule has 0 fully saturated rings. The minimum atomic E-state index is -1.03. The third-order valence-electron chi connectivity index (χ3n) is 3.65. The van der Waals surface area contributed by atoms with Crippen molar-refractivity contribution in [2.45, 2.75) is 32.8 Å². The van der Waals surface area contributed by atoms with Crippen molar-refractivity contribution in [1.82, 2.24) is 0 Å². The van der Waals surface area contributed by atoms with Crippen LogP contribution in [0.5, 0.6) is 5.75 Å². The Balaban J connectivity index is 2.21. The molecule has 2 aromatic rings. The molecule has 2 rings (SSSR count). The van der Waals surface area contributed by atoms with Crippen molar-refractivity contribution < 1.29 is 14.6 Å². The van der Waals surface area contributed by atoms with Crippen LogP contribution in [-0.4, -0.2) is 11.1 Å². The van der Waals surface area contributed by atoms with Crippen molar-refractivity contribution in [1.29, 1.82) is 0 Å². The van der Waals surface area contributed by atoms with Gasteiger partial charge in [-0.15, -0.1) is 0 Å². The first-order chi connectivity index (χ1) is 11.7. The van der Waals surface area contributed by atoms with E-state index in [0.29, 0.717) is 22.9 Å². The Bertz CT molecular complexity index is 790. The second-order valence-electron chi connectivity index (χ2n) is 6.71. The van der Waals surface area contributed by atoms with Crippen LogP contribution in [0.25, 0.3) is 6.08 Å². The maximum atomic E-state index is 10.8. The molecule has 0 spiro atoms. The van der Waals surface area contributed by atoms with Crippen molar-refractivity contribution in [3.05, 3.63) is 68.7 Å². The average Bonchev–Trinajstić information content (AvgIpc) is 2.51. The molecule has 0 aliphatic rings. The number of rotatable bonds is 5. The lowest BCUT2D eigenvalue weighted by Crippen LogP contribution is -2.10. The van der Waals surface area contributed by atoms with E-state index in [4.69, 9.17) is 21.4 Å². The Morgan fingerprint density at radius 1 is 1.24 bits per heavy atom. The van der Waals surface area contributed by atoms with E-state index < -0.39 is 5.97 Å². The fraction of sp³-hybridized carbons (Fsp3) is 0.250. The first kappa shape index (κ1) is 19.5. The van der Waals surface area contributed by atoms with Crippen molar-refractivity contribution in [2.24, 2.45) is 0 Å². The van der Waals surface area contributed by atoms with Gasteiger partial charge in [-0.25, -0.2) is 4.79 Å². The van der Waals surface area contributed by atoms with E-state index in [9.17, 15) is 4.79 Å². The molecule has 0 aliphatic heterocycles. The number of hydrogen-bond donors (Lipinski definition) is 1. The lowest BCUT2D eigenvalue weighted by molar-refractivity contribution is -0.131. The summed E-state index contributed by atoms with van der Waals surface area (Å²) in [5.41, 5.74) is 2.97. The summed E-state index contributed by atoms with van der Waals surface area (Å²) >= 11 is 9.62. The maximum absolute atomic E-state index is 10.8. The molecule has 0 saturated heterocycles. The third kappa shape index (κ3) is 5.62. The summed E-state index contributed by atoms with van der Waals surface area (Å²) in [6.07, 6.45) is 2.53. The van der Waals surface area contributed by atoms with E-state index in [1.165, 1.54) is 11.6 Å². The van der Waals surface area contributed by atoms with Gasteiger partial charge >= 0.3 is 5.97 Å². The van der Waals surface area contributed by atoms with Crippen molar-refractivity contribution >= 4 is 39.6 Å². The monoisotopic (exact) mass is 422 g/mol. The molecule has 0 radical (unpaired) electrons. The Hall–Kier alpha value is -1.78. The molecule has 5 heteroatoms. The normalized spacial score (nSPS) is 11.7. The zero-order chi connectivity index (χ0) is 18.6. The Kier molecular flexibility index (Phi) is 6.31. The van der Waals surface area contributed by atoms with Crippen LogP contribution in [-0.2, 0) is 16.8 Å². The van der Waals surface area contributed by atoms with Crippen LogP contribution < -0.4 is 4.74 Å². The highest BCUT2D eigenvalue weighted by molar-refractivity contribution is 9.10. The van der Waals surface area contributed by atoms with Gasteiger partial charge in [0, 0.05) is 16.1 Å². The van der Waals surface area contributed by atoms with Crippen LogP contribution in [0.3, 0.4) is 0 Å². The quantitative estimate of drug-likeness (QED) is 0.593. The molecule has 0 aromatic heterocycles. The number of halogens is 2. The summed E-state index contributed by atoms with van der Waals surface area (Å²) in [5.74, 6) is -0.568. The number of carboxylic acids is 1. The topological polar surface area (TPSA) is 46.5 Å². The summed E-state index contributed by atoms with van der Waals surface area (Å²) in [6, 6.07) is 11.7. The number of hydrogen-bond acceptors (Lipinski definition) is 2. The zero-order valence-corrected chi connectivity index (χ0v) is 16.7. The number of benzene rings is 2. The highest BCUT2D eigenvalue weighted by Gasteiger charge is 2.13. The van der Waals surface area contributed by atoms with Crippen LogP contribution in [0.1, 0.15) is 37.5 Å². The van der Waals surface area contributed by atoms with Gasteiger partial charge in [0.15, 0.2) is 0 Å². The lowest BCUT2D eigenvalue weighted by atomic mass is 9.87. The first-order valence-corrected chi connectivity index (χ1v) is 8.96. The molecule has 0 unspecified atom stereocenters. The summed E-state index contributed by atoms with van der Waals surface area (Å²) in [6.45, 7) is 6.85. The second kappa shape index (κ2) is 8.07. The standard InChI is InChI=1S/C20H20BrClO3/c1-20(2,3)15-7-4-13(5-8-15)12-25-19-14(6-9-18(23)24)10-16(21)11-17(19)22/h4-11H,12H2,1-3H3,(H,23,24)/b9-6+. The van der Waals surface area contributed by atoms with Crippen LogP contribution in [0.15, 0.2) is 46.9 Å². The first-order valence-electron chi connectivity index (χ1n) is 7.79. The fourth-order valence-electron chi connectivity index (χ4n) is 2.27. The van der Waals surface area contributed by atoms with Crippen molar-refractivity contribution in [3.63, 3.8) is 0 Å². The molecular weight excluding hydrogens is 404 g/mol. The van der Waals surface area contributed by atoms with Crippen molar-refractivity contribution in [2.75, 3.05) is 0 Å². The van der Waals surface area contributed by atoms with Crippen LogP contribution in [0, 0.1) is 0 Å². The summed E-state index contributed by atoms with van der Waals surface area (Å²) in [5, 5.41) is 9.25. The van der Waals surface area contributed by atoms with E-state index in [0.717, 1.165) is 16.1 Å². The Morgan fingerprint density at radius 2 is 1.88 bits per heavy atom. The lowest BCUT2D eigenvalue weighted by Gasteiger charge is -2.19. The molecule has 2 aromatic carbocycles. The molecule has 0 heterocycles. The molecule has 0 amide bonds. The minimum Gasteiger partial charge on any atom is -0.487 e. The molecule has 132 valence electrons. The Labute approximate surface area is 161 Å². The maximum Gasteiger partial charge on any atom is 0.328 e. The van der Waals surface area contributed by atoms with Gasteiger partial charge in [0.2, 0.25) is 0 Å². The third-order valence-corrected chi connectivity index (χ3v) is 4.38. The van der Waals surface area contributed by atoms with Gasteiger partial charge in [0.05, 0.1) is 5.02 Å². The molecule has 1 N–H and O–H groups in total. The van der Waals surface area contributed by atoms with Gasteiger partial charge in [0.25, 0.3) is 0 Å². The van der Waals surface area contributed by atoms with Gasteiger partial charge in [-0.05, 0) is 34.8 Å². The number of ether oxygens (including phenoxy) is 1. The van der Waals surface area contributed by atoms with Gasteiger partial charge in [-0.3, -0.25) is 0 Å². The van der Waals surface area contributed by atoms with Gasteiger partial charge in [-0.2, -0.15) is 0 Å². The van der Waals surface area contributed by atoms with E-state index in [-0.39, 0.29) is 5.41 Å². The number of carbonyl (C=O) groups is 1. The van der Waals surface area contributed by atoms with Crippen LogP contribution in [0.2, 0.25) is 5.02 Å². The van der Waals surface area contributed by atoms with Gasteiger partial charge in [-0.1, -0.05) is 72.6 Å². The fourth-order valence-corrected chi connectivity index (χ4v) is 3.16. The smallest absolute Gasteiger partial charge is 0.328 e. The second-order valence-corrected chi connectivity index (χ2v) is 8.04. The summed E-state index contributed by atoms with van der Waals surface area (Å²) in [7, 11) is 0. The Morgan fingerprint density at radius 3 is 2.44 bits per heavy atom.